The van der Waals surface area contributed by atoms with Gasteiger partial charge in [0.15, 0.2) is 0 Å². The van der Waals surface area contributed by atoms with E-state index >= 15 is 0 Å². The van der Waals surface area contributed by atoms with Crippen LogP contribution in [-0.4, -0.2) is 9.13 Å². The molecule has 0 spiro atoms. The van der Waals surface area contributed by atoms with Gasteiger partial charge in [-0.05, 0) is 96.6 Å². The van der Waals surface area contributed by atoms with E-state index in [-0.39, 0.29) is 6.04 Å². The number of aromatic nitrogens is 2. The molecule has 9 rings (SSSR count). The lowest BCUT2D eigenvalue weighted by Crippen LogP contribution is -2.12. The number of nitrogens with zero attached hydrogens (tertiary/aromatic N) is 5. The van der Waals surface area contributed by atoms with Gasteiger partial charge >= 0.3 is 0 Å². The van der Waals surface area contributed by atoms with Crippen molar-refractivity contribution in [1.82, 2.24) is 9.13 Å². The molecule has 2 aromatic heterocycles. The second-order valence-corrected chi connectivity index (χ2v) is 12.9. The lowest BCUT2D eigenvalue weighted by molar-refractivity contribution is 0.600. The minimum absolute atomic E-state index is 0.181. The van der Waals surface area contributed by atoms with Gasteiger partial charge in [-0.25, -0.2) is 0 Å². The standard InChI is InChI=1S/C45H29N5/c46-26-29-15-21-42(50-41-13-4-2-11-37(41)45-34(28-48)9-6-14-44(45)50)38(23-29)33-8-5-7-32(25-33)31-17-19-35(20-18-31)49-40-12-3-1-10-36(40)39-24-30(27-47)16-22-43(39)49/h1-2,4-11,13-19,21-25,35H,3,12,20H2. The smallest absolute Gasteiger partial charge is 0.0998 e. The summed E-state index contributed by atoms with van der Waals surface area (Å²) in [6.45, 7) is 0. The lowest BCUT2D eigenvalue weighted by atomic mass is 9.93. The molecule has 0 saturated heterocycles. The van der Waals surface area contributed by atoms with Crippen LogP contribution in [0.25, 0.3) is 61.2 Å². The number of nitriles is 3. The summed E-state index contributed by atoms with van der Waals surface area (Å²) in [5, 5.41) is 32.6. The first kappa shape index (κ1) is 29.3. The number of hydrogen-bond acceptors (Lipinski definition) is 3. The van der Waals surface area contributed by atoms with Crippen LogP contribution in [0.3, 0.4) is 0 Å². The number of hydrogen-bond donors (Lipinski definition) is 0. The molecule has 0 saturated carbocycles. The predicted molar refractivity (Wildman–Crippen MR) is 200 cm³/mol. The number of fused-ring (bicyclic) bond motifs is 6. The first-order chi connectivity index (χ1) is 24.7. The van der Waals surface area contributed by atoms with Gasteiger partial charge in [0.2, 0.25) is 0 Å². The molecular weight excluding hydrogens is 611 g/mol. The van der Waals surface area contributed by atoms with Crippen LogP contribution in [0, 0.1) is 34.0 Å². The minimum atomic E-state index is 0.181. The Balaban J connectivity index is 1.13. The number of benzene rings is 5. The van der Waals surface area contributed by atoms with Gasteiger partial charge in [0, 0.05) is 38.5 Å². The molecule has 7 aromatic rings. The molecule has 0 aliphatic heterocycles. The van der Waals surface area contributed by atoms with Crippen LogP contribution in [0.4, 0.5) is 0 Å². The maximum absolute atomic E-state index is 10.00. The zero-order valence-electron chi connectivity index (χ0n) is 27.1. The first-order valence-corrected chi connectivity index (χ1v) is 16.9. The Morgan fingerprint density at radius 1 is 0.660 bits per heavy atom. The van der Waals surface area contributed by atoms with E-state index in [9.17, 15) is 15.8 Å². The zero-order valence-corrected chi connectivity index (χ0v) is 27.1. The second kappa shape index (κ2) is 11.7. The van der Waals surface area contributed by atoms with Crippen molar-refractivity contribution in [3.8, 4) is 35.0 Å². The molecule has 0 bridgehead atoms. The SMILES string of the molecule is N#Cc1ccc(-n2c3ccccc3c3c(C#N)cccc32)c(-c2cccc(C3=CCC(n4c5c(c6cc(C#N)ccc64)C=CCC5)C=C3)c2)c1. The van der Waals surface area contributed by atoms with Crippen molar-refractivity contribution in [2.75, 3.05) is 0 Å². The highest BCUT2D eigenvalue weighted by Crippen LogP contribution is 2.40. The summed E-state index contributed by atoms with van der Waals surface area (Å²) in [7, 11) is 0. The van der Waals surface area contributed by atoms with Crippen LogP contribution in [0.15, 0.2) is 127 Å². The topological polar surface area (TPSA) is 81.2 Å². The lowest BCUT2D eigenvalue weighted by Gasteiger charge is -2.23. The Morgan fingerprint density at radius 2 is 1.46 bits per heavy atom. The van der Waals surface area contributed by atoms with Crippen LogP contribution in [0.1, 0.15) is 52.4 Å². The van der Waals surface area contributed by atoms with E-state index in [0.717, 1.165) is 74.4 Å². The van der Waals surface area contributed by atoms with Crippen LogP contribution in [0.5, 0.6) is 0 Å². The summed E-state index contributed by atoms with van der Waals surface area (Å²) in [4.78, 5) is 0. The van der Waals surface area contributed by atoms with Crippen LogP contribution in [0.2, 0.25) is 0 Å². The second-order valence-electron chi connectivity index (χ2n) is 12.9. The van der Waals surface area contributed by atoms with Crippen molar-refractivity contribution in [1.29, 1.82) is 15.8 Å². The molecular formula is C45H29N5. The van der Waals surface area contributed by atoms with Crippen molar-refractivity contribution in [3.63, 3.8) is 0 Å². The molecule has 1 unspecified atom stereocenters. The van der Waals surface area contributed by atoms with Gasteiger partial charge in [-0.15, -0.1) is 0 Å². The molecule has 5 aromatic carbocycles. The maximum Gasteiger partial charge on any atom is 0.0998 e. The first-order valence-electron chi connectivity index (χ1n) is 16.9. The summed E-state index contributed by atoms with van der Waals surface area (Å²) in [5.74, 6) is 0. The fourth-order valence-corrected chi connectivity index (χ4v) is 7.99. The summed E-state index contributed by atoms with van der Waals surface area (Å²) in [6.07, 6.45) is 14.2. The van der Waals surface area contributed by atoms with E-state index in [1.807, 2.05) is 54.6 Å². The fraction of sp³-hybridized carbons (Fsp3) is 0.0889. The Bertz CT molecular complexity index is 2780. The Kier molecular flexibility index (Phi) is 6.84. The molecule has 5 heteroatoms. The predicted octanol–water partition coefficient (Wildman–Crippen LogP) is 10.6. The third kappa shape index (κ3) is 4.51. The molecule has 50 heavy (non-hydrogen) atoms. The maximum atomic E-state index is 10.00. The van der Waals surface area contributed by atoms with Crippen molar-refractivity contribution in [3.05, 3.63) is 161 Å². The molecule has 1 atom stereocenters. The summed E-state index contributed by atoms with van der Waals surface area (Å²) < 4.78 is 4.69. The molecule has 0 fully saturated rings. The van der Waals surface area contributed by atoms with Crippen molar-refractivity contribution >= 4 is 44.4 Å². The summed E-state index contributed by atoms with van der Waals surface area (Å²) in [5.41, 5.74) is 12.8. The van der Waals surface area contributed by atoms with Gasteiger partial charge < -0.3 is 9.13 Å². The zero-order chi connectivity index (χ0) is 33.8. The fourth-order valence-electron chi connectivity index (χ4n) is 7.99. The third-order valence-corrected chi connectivity index (χ3v) is 10.2. The highest BCUT2D eigenvalue weighted by atomic mass is 15.0. The molecule has 2 aliphatic rings. The largest absolute Gasteiger partial charge is 0.337 e. The van der Waals surface area contributed by atoms with E-state index in [2.05, 4.69) is 106 Å². The molecule has 234 valence electrons. The van der Waals surface area contributed by atoms with Gasteiger partial charge in [0.25, 0.3) is 0 Å². The van der Waals surface area contributed by atoms with Crippen molar-refractivity contribution in [2.24, 2.45) is 0 Å². The van der Waals surface area contributed by atoms with Gasteiger partial charge in [-0.3, -0.25) is 0 Å². The average molecular weight is 640 g/mol. The van der Waals surface area contributed by atoms with Crippen molar-refractivity contribution < 1.29 is 0 Å². The Labute approximate surface area is 289 Å². The Hall–Kier alpha value is -6.87. The average Bonchev–Trinajstić information content (AvgIpc) is 3.70. The van der Waals surface area contributed by atoms with E-state index in [4.69, 9.17) is 0 Å². The van der Waals surface area contributed by atoms with Crippen LogP contribution < -0.4 is 0 Å². The molecule has 2 heterocycles. The Morgan fingerprint density at radius 3 is 2.30 bits per heavy atom. The number of allylic oxidation sites excluding steroid dienone is 5. The van der Waals surface area contributed by atoms with E-state index in [0.29, 0.717) is 16.7 Å². The minimum Gasteiger partial charge on any atom is -0.337 e. The summed E-state index contributed by atoms with van der Waals surface area (Å²) >= 11 is 0. The van der Waals surface area contributed by atoms with E-state index in [1.165, 1.54) is 16.8 Å². The number of rotatable bonds is 4. The monoisotopic (exact) mass is 639 g/mol. The molecule has 0 amide bonds. The van der Waals surface area contributed by atoms with Gasteiger partial charge in [-0.1, -0.05) is 72.8 Å². The quantitative estimate of drug-likeness (QED) is 0.192. The normalized spacial score (nSPS) is 15.1. The van der Waals surface area contributed by atoms with Gasteiger partial charge in [0.05, 0.1) is 57.7 Å². The van der Waals surface area contributed by atoms with Gasteiger partial charge in [0.1, 0.15) is 0 Å². The third-order valence-electron chi connectivity index (χ3n) is 10.2. The summed E-state index contributed by atoms with van der Waals surface area (Å²) in [6, 6.07) is 41.7. The van der Waals surface area contributed by atoms with E-state index < -0.39 is 0 Å². The van der Waals surface area contributed by atoms with Gasteiger partial charge in [-0.2, -0.15) is 15.8 Å². The van der Waals surface area contributed by atoms with Crippen LogP contribution in [-0.2, 0) is 6.42 Å². The van der Waals surface area contributed by atoms with Crippen molar-refractivity contribution in [2.45, 2.75) is 25.3 Å². The molecule has 0 radical (unpaired) electrons. The molecule has 0 N–H and O–H groups in total. The van der Waals surface area contributed by atoms with E-state index in [1.54, 1.807) is 0 Å². The molecule has 5 nitrogen and oxygen atoms in total. The highest BCUT2D eigenvalue weighted by Gasteiger charge is 2.23. The number of para-hydroxylation sites is 1. The molecule has 2 aliphatic carbocycles. The van der Waals surface area contributed by atoms with Crippen LogP contribution >= 0.6 is 0 Å². The highest BCUT2D eigenvalue weighted by molar-refractivity contribution is 6.12.